The lowest BCUT2D eigenvalue weighted by Crippen LogP contribution is -2.26. The summed E-state index contributed by atoms with van der Waals surface area (Å²) in [5.41, 5.74) is 13.4. The zero-order valence-electron chi connectivity index (χ0n) is 7.53. The molecule has 1 aromatic carbocycles. The summed E-state index contributed by atoms with van der Waals surface area (Å²) in [6.07, 6.45) is 0. The minimum absolute atomic E-state index is 0.367. The number of nitrogens with one attached hydrogen (secondary N) is 2. The van der Waals surface area contributed by atoms with E-state index >= 15 is 0 Å². The van der Waals surface area contributed by atoms with Gasteiger partial charge >= 0.3 is 0 Å². The minimum atomic E-state index is 0.367. The van der Waals surface area contributed by atoms with Crippen molar-refractivity contribution in [2.24, 2.45) is 11.7 Å². The van der Waals surface area contributed by atoms with E-state index in [1.54, 1.807) is 0 Å². The van der Waals surface area contributed by atoms with Crippen molar-refractivity contribution in [2.45, 2.75) is 6.04 Å². The summed E-state index contributed by atoms with van der Waals surface area (Å²) in [6, 6.07) is 10.8. The third kappa shape index (κ3) is 1.72. The van der Waals surface area contributed by atoms with Gasteiger partial charge in [0.25, 0.3) is 0 Å². The van der Waals surface area contributed by atoms with Gasteiger partial charge in [-0.25, -0.2) is 5.43 Å². The van der Waals surface area contributed by atoms with Crippen molar-refractivity contribution < 1.29 is 0 Å². The van der Waals surface area contributed by atoms with E-state index in [2.05, 4.69) is 35.1 Å². The topological polar surface area (TPSA) is 50.1 Å². The lowest BCUT2D eigenvalue weighted by Gasteiger charge is -2.16. The maximum absolute atomic E-state index is 5.68. The van der Waals surface area contributed by atoms with Crippen molar-refractivity contribution in [3.8, 4) is 0 Å². The van der Waals surface area contributed by atoms with E-state index in [9.17, 15) is 0 Å². The van der Waals surface area contributed by atoms with Gasteiger partial charge in [0.05, 0.1) is 6.04 Å². The number of hydrogen-bond donors (Lipinski definition) is 3. The summed E-state index contributed by atoms with van der Waals surface area (Å²) in [5.74, 6) is 0.502. The van der Waals surface area contributed by atoms with Gasteiger partial charge in [0, 0.05) is 12.5 Å². The van der Waals surface area contributed by atoms with Crippen LogP contribution in [0.15, 0.2) is 30.3 Å². The molecular weight excluding hydrogens is 162 g/mol. The largest absolute Gasteiger partial charge is 0.330 e. The molecule has 2 atom stereocenters. The number of hydrazine groups is 1. The Morgan fingerprint density at radius 1 is 1.31 bits per heavy atom. The Balaban J connectivity index is 2.16. The highest BCUT2D eigenvalue weighted by atomic mass is 15.4. The van der Waals surface area contributed by atoms with Crippen LogP contribution < -0.4 is 16.6 Å². The van der Waals surface area contributed by atoms with E-state index in [4.69, 9.17) is 5.73 Å². The van der Waals surface area contributed by atoms with E-state index < -0.39 is 0 Å². The molecule has 1 aromatic rings. The third-order valence-electron chi connectivity index (χ3n) is 2.55. The van der Waals surface area contributed by atoms with Gasteiger partial charge in [-0.05, 0) is 12.1 Å². The lowest BCUT2D eigenvalue weighted by molar-refractivity contribution is 0.483. The molecule has 13 heavy (non-hydrogen) atoms. The highest BCUT2D eigenvalue weighted by Gasteiger charge is 2.26. The summed E-state index contributed by atoms with van der Waals surface area (Å²) in [5, 5.41) is 0. The van der Waals surface area contributed by atoms with E-state index in [0.29, 0.717) is 12.0 Å². The minimum Gasteiger partial charge on any atom is -0.330 e. The molecule has 2 unspecified atom stereocenters. The molecule has 0 bridgehead atoms. The monoisotopic (exact) mass is 177 g/mol. The van der Waals surface area contributed by atoms with Gasteiger partial charge in [-0.3, -0.25) is 5.43 Å². The second-order valence-electron chi connectivity index (χ2n) is 3.41. The molecule has 0 saturated carbocycles. The fourth-order valence-corrected chi connectivity index (χ4v) is 1.77. The summed E-state index contributed by atoms with van der Waals surface area (Å²) >= 11 is 0. The smallest absolute Gasteiger partial charge is 0.0515 e. The maximum Gasteiger partial charge on any atom is 0.0515 e. The van der Waals surface area contributed by atoms with Crippen molar-refractivity contribution in [1.29, 1.82) is 0 Å². The van der Waals surface area contributed by atoms with E-state index in [0.717, 1.165) is 13.1 Å². The van der Waals surface area contributed by atoms with E-state index in [-0.39, 0.29) is 0 Å². The SMILES string of the molecule is NCC1CNNC1c1ccccc1. The highest BCUT2D eigenvalue weighted by molar-refractivity contribution is 5.20. The van der Waals surface area contributed by atoms with E-state index in [1.165, 1.54) is 5.56 Å². The normalized spacial score (nSPS) is 27.8. The van der Waals surface area contributed by atoms with Gasteiger partial charge in [0.15, 0.2) is 0 Å². The molecule has 0 spiro atoms. The van der Waals surface area contributed by atoms with Crippen LogP contribution in [0, 0.1) is 5.92 Å². The molecule has 1 heterocycles. The average Bonchev–Trinajstić information content (AvgIpc) is 2.67. The summed E-state index contributed by atoms with van der Waals surface area (Å²) in [7, 11) is 0. The molecule has 0 aliphatic carbocycles. The van der Waals surface area contributed by atoms with Crippen molar-refractivity contribution in [3.05, 3.63) is 35.9 Å². The van der Waals surface area contributed by atoms with Gasteiger partial charge in [0.1, 0.15) is 0 Å². The zero-order valence-corrected chi connectivity index (χ0v) is 7.53. The number of benzene rings is 1. The summed E-state index contributed by atoms with van der Waals surface area (Å²) < 4.78 is 0. The fourth-order valence-electron chi connectivity index (χ4n) is 1.77. The summed E-state index contributed by atoms with van der Waals surface area (Å²) in [6.45, 7) is 1.68. The Hall–Kier alpha value is -0.900. The first-order chi connectivity index (χ1) is 6.42. The molecule has 2 rings (SSSR count). The summed E-state index contributed by atoms with van der Waals surface area (Å²) in [4.78, 5) is 0. The molecule has 3 nitrogen and oxygen atoms in total. The van der Waals surface area contributed by atoms with Crippen molar-refractivity contribution >= 4 is 0 Å². The molecule has 1 fully saturated rings. The van der Waals surface area contributed by atoms with Crippen LogP contribution >= 0.6 is 0 Å². The second kappa shape index (κ2) is 3.87. The Morgan fingerprint density at radius 2 is 2.08 bits per heavy atom. The Bertz CT molecular complexity index is 260. The van der Waals surface area contributed by atoms with Crippen LogP contribution in [0.4, 0.5) is 0 Å². The first-order valence-corrected chi connectivity index (χ1v) is 4.65. The van der Waals surface area contributed by atoms with Crippen molar-refractivity contribution in [1.82, 2.24) is 10.9 Å². The molecule has 0 radical (unpaired) electrons. The van der Waals surface area contributed by atoms with Gasteiger partial charge in [-0.15, -0.1) is 0 Å². The van der Waals surface area contributed by atoms with Crippen molar-refractivity contribution in [3.63, 3.8) is 0 Å². The highest BCUT2D eigenvalue weighted by Crippen LogP contribution is 2.23. The zero-order chi connectivity index (χ0) is 9.10. The first kappa shape index (κ1) is 8.69. The quantitative estimate of drug-likeness (QED) is 0.613. The average molecular weight is 177 g/mol. The molecule has 0 aromatic heterocycles. The molecule has 0 amide bonds. The van der Waals surface area contributed by atoms with Crippen LogP contribution in [0.1, 0.15) is 11.6 Å². The van der Waals surface area contributed by atoms with Crippen LogP contribution in [0.5, 0.6) is 0 Å². The Labute approximate surface area is 78.3 Å². The molecule has 1 saturated heterocycles. The number of hydrogen-bond acceptors (Lipinski definition) is 3. The molecule has 4 N–H and O–H groups in total. The fraction of sp³-hybridized carbons (Fsp3) is 0.400. The van der Waals surface area contributed by atoms with Gasteiger partial charge in [0.2, 0.25) is 0 Å². The molecule has 1 aliphatic rings. The lowest BCUT2D eigenvalue weighted by atomic mass is 9.95. The van der Waals surface area contributed by atoms with Gasteiger partial charge in [-0.2, -0.15) is 0 Å². The number of rotatable bonds is 2. The second-order valence-corrected chi connectivity index (χ2v) is 3.41. The Morgan fingerprint density at radius 3 is 2.77 bits per heavy atom. The Kier molecular flexibility index (Phi) is 2.59. The molecule has 3 heteroatoms. The van der Waals surface area contributed by atoms with Crippen LogP contribution in [-0.4, -0.2) is 13.1 Å². The van der Waals surface area contributed by atoms with Crippen LogP contribution in [0.25, 0.3) is 0 Å². The molecule has 70 valence electrons. The predicted molar refractivity (Wildman–Crippen MR) is 52.9 cm³/mol. The van der Waals surface area contributed by atoms with E-state index in [1.807, 2.05) is 6.07 Å². The van der Waals surface area contributed by atoms with Gasteiger partial charge in [-0.1, -0.05) is 30.3 Å². The molecule has 1 aliphatic heterocycles. The van der Waals surface area contributed by atoms with Crippen LogP contribution in [0.3, 0.4) is 0 Å². The van der Waals surface area contributed by atoms with Gasteiger partial charge < -0.3 is 5.73 Å². The standard InChI is InChI=1S/C10H15N3/c11-6-9-7-12-13-10(9)8-4-2-1-3-5-8/h1-5,9-10,12-13H,6-7,11H2. The predicted octanol–water partition coefficient (Wildman–Crippen LogP) is 0.410. The maximum atomic E-state index is 5.68. The molecular formula is C10H15N3. The third-order valence-corrected chi connectivity index (χ3v) is 2.55. The number of nitrogens with two attached hydrogens (primary N) is 1. The first-order valence-electron chi connectivity index (χ1n) is 4.65. The van der Waals surface area contributed by atoms with Crippen molar-refractivity contribution in [2.75, 3.05) is 13.1 Å². The van der Waals surface area contributed by atoms with Crippen LogP contribution in [0.2, 0.25) is 0 Å². The van der Waals surface area contributed by atoms with Crippen LogP contribution in [-0.2, 0) is 0 Å².